The zero-order chi connectivity index (χ0) is 16.0. The molecule has 1 aliphatic rings. The molecule has 1 aliphatic heterocycles. The van der Waals surface area contributed by atoms with E-state index >= 15 is 0 Å². The van der Waals surface area contributed by atoms with Gasteiger partial charge in [0.25, 0.3) is 0 Å². The second-order valence-electron chi connectivity index (χ2n) is 5.72. The van der Waals surface area contributed by atoms with Gasteiger partial charge in [-0.15, -0.1) is 0 Å². The fourth-order valence-electron chi connectivity index (χ4n) is 2.58. The number of nitrogens with one attached hydrogen (secondary N) is 2. The Balaban J connectivity index is 2.71. The van der Waals surface area contributed by atoms with Gasteiger partial charge in [0.15, 0.2) is 0 Å². The van der Waals surface area contributed by atoms with Gasteiger partial charge in [-0.3, -0.25) is 9.59 Å². The number of ether oxygens (including phenoxy) is 1. The summed E-state index contributed by atoms with van der Waals surface area (Å²) in [5.74, 6) is -1.80. The van der Waals surface area contributed by atoms with Crippen molar-refractivity contribution < 1.29 is 24.2 Å². The summed E-state index contributed by atoms with van der Waals surface area (Å²) in [5, 5.41) is 14.9. The van der Waals surface area contributed by atoms with Gasteiger partial charge in [0.1, 0.15) is 6.04 Å². The fourth-order valence-corrected chi connectivity index (χ4v) is 2.58. The van der Waals surface area contributed by atoms with Crippen molar-refractivity contribution in [2.45, 2.75) is 39.2 Å². The zero-order valence-electron chi connectivity index (χ0n) is 12.8. The first kappa shape index (κ1) is 17.4. The minimum absolute atomic E-state index is 0.0232. The SMILES string of the molecule is COC(=O)CCC(NC(=O)C1(C(C)C)CCNC1)C(=O)O. The molecule has 7 heteroatoms. The molecule has 1 heterocycles. The summed E-state index contributed by atoms with van der Waals surface area (Å²) >= 11 is 0. The molecule has 2 atom stereocenters. The third-order valence-corrected chi connectivity index (χ3v) is 4.21. The molecule has 1 rings (SSSR count). The molecule has 2 unspecified atom stereocenters. The van der Waals surface area contributed by atoms with Crippen LogP contribution < -0.4 is 10.6 Å². The van der Waals surface area contributed by atoms with E-state index in [2.05, 4.69) is 15.4 Å². The smallest absolute Gasteiger partial charge is 0.326 e. The standard InChI is InChI=1S/C14H24N2O5/c1-9(2)14(6-7-15-8-14)13(20)16-10(12(18)19)4-5-11(17)21-3/h9-10,15H,4-8H2,1-3H3,(H,16,20)(H,18,19). The first-order valence-electron chi connectivity index (χ1n) is 7.15. The predicted octanol–water partition coefficient (Wildman–Crippen LogP) is 0.145. The highest BCUT2D eigenvalue weighted by molar-refractivity contribution is 5.88. The molecule has 1 fully saturated rings. The van der Waals surface area contributed by atoms with Crippen LogP contribution in [0.2, 0.25) is 0 Å². The molecular weight excluding hydrogens is 276 g/mol. The van der Waals surface area contributed by atoms with E-state index in [1.807, 2.05) is 13.8 Å². The molecule has 0 aromatic rings. The Hall–Kier alpha value is -1.63. The Kier molecular flexibility index (Phi) is 6.14. The highest BCUT2D eigenvalue weighted by Gasteiger charge is 2.44. The Morgan fingerprint density at radius 2 is 2.05 bits per heavy atom. The number of carbonyl (C=O) groups is 3. The van der Waals surface area contributed by atoms with Crippen molar-refractivity contribution >= 4 is 17.8 Å². The maximum atomic E-state index is 12.5. The summed E-state index contributed by atoms with van der Waals surface area (Å²) < 4.78 is 4.49. The number of carboxylic acid groups (broad SMARTS) is 1. The summed E-state index contributed by atoms with van der Waals surface area (Å²) in [5.41, 5.74) is -0.584. The molecule has 0 radical (unpaired) electrons. The van der Waals surface area contributed by atoms with Crippen LogP contribution in [0.4, 0.5) is 0 Å². The van der Waals surface area contributed by atoms with E-state index in [0.29, 0.717) is 13.0 Å². The van der Waals surface area contributed by atoms with Crippen molar-refractivity contribution in [3.05, 3.63) is 0 Å². The van der Waals surface area contributed by atoms with Crippen molar-refractivity contribution in [3.63, 3.8) is 0 Å². The molecule has 0 bridgehead atoms. The number of rotatable bonds is 7. The quantitative estimate of drug-likeness (QED) is 0.578. The Bertz CT molecular complexity index is 402. The van der Waals surface area contributed by atoms with Gasteiger partial charge in [-0.25, -0.2) is 4.79 Å². The van der Waals surface area contributed by atoms with Gasteiger partial charge in [0, 0.05) is 13.0 Å². The van der Waals surface area contributed by atoms with Crippen molar-refractivity contribution in [1.82, 2.24) is 10.6 Å². The van der Waals surface area contributed by atoms with E-state index in [-0.39, 0.29) is 24.7 Å². The van der Waals surface area contributed by atoms with E-state index in [1.165, 1.54) is 7.11 Å². The molecule has 0 aliphatic carbocycles. The van der Waals surface area contributed by atoms with E-state index in [9.17, 15) is 19.5 Å². The Morgan fingerprint density at radius 1 is 1.38 bits per heavy atom. The van der Waals surface area contributed by atoms with Gasteiger partial charge in [0.2, 0.25) is 5.91 Å². The summed E-state index contributed by atoms with van der Waals surface area (Å²) in [7, 11) is 1.24. The van der Waals surface area contributed by atoms with Crippen LogP contribution in [0.25, 0.3) is 0 Å². The van der Waals surface area contributed by atoms with Crippen LogP contribution in [0, 0.1) is 11.3 Å². The Morgan fingerprint density at radius 3 is 2.48 bits per heavy atom. The molecule has 0 aromatic heterocycles. The predicted molar refractivity (Wildman–Crippen MR) is 75.6 cm³/mol. The van der Waals surface area contributed by atoms with Crippen LogP contribution >= 0.6 is 0 Å². The molecule has 0 aromatic carbocycles. The maximum absolute atomic E-state index is 12.5. The van der Waals surface area contributed by atoms with Crippen LogP contribution in [-0.4, -0.2) is 49.2 Å². The topological polar surface area (TPSA) is 105 Å². The minimum Gasteiger partial charge on any atom is -0.480 e. The lowest BCUT2D eigenvalue weighted by molar-refractivity contribution is -0.146. The van der Waals surface area contributed by atoms with Gasteiger partial charge < -0.3 is 20.5 Å². The Labute approximate surface area is 124 Å². The lowest BCUT2D eigenvalue weighted by Gasteiger charge is -2.32. The first-order valence-corrected chi connectivity index (χ1v) is 7.15. The third-order valence-electron chi connectivity index (χ3n) is 4.21. The first-order chi connectivity index (χ1) is 9.83. The van der Waals surface area contributed by atoms with E-state index in [1.54, 1.807) is 0 Å². The number of hydrogen-bond acceptors (Lipinski definition) is 5. The van der Waals surface area contributed by atoms with Crippen molar-refractivity contribution in [2.24, 2.45) is 11.3 Å². The average molecular weight is 300 g/mol. The maximum Gasteiger partial charge on any atom is 0.326 e. The van der Waals surface area contributed by atoms with E-state index in [4.69, 9.17) is 0 Å². The average Bonchev–Trinajstić information content (AvgIpc) is 2.93. The minimum atomic E-state index is -1.14. The second kappa shape index (κ2) is 7.40. The summed E-state index contributed by atoms with van der Waals surface area (Å²) in [6, 6.07) is -1.08. The monoisotopic (exact) mass is 300 g/mol. The molecule has 3 N–H and O–H groups in total. The van der Waals surface area contributed by atoms with Gasteiger partial charge in [0.05, 0.1) is 12.5 Å². The number of amides is 1. The molecule has 21 heavy (non-hydrogen) atoms. The lowest BCUT2D eigenvalue weighted by atomic mass is 9.75. The number of esters is 1. The molecule has 0 spiro atoms. The van der Waals surface area contributed by atoms with Crippen LogP contribution in [0.5, 0.6) is 0 Å². The molecule has 1 amide bonds. The van der Waals surface area contributed by atoms with Crippen LogP contribution in [-0.2, 0) is 19.1 Å². The summed E-state index contributed by atoms with van der Waals surface area (Å²) in [6.45, 7) is 5.19. The van der Waals surface area contributed by atoms with Gasteiger partial charge in [-0.2, -0.15) is 0 Å². The number of hydrogen-bond donors (Lipinski definition) is 3. The molecular formula is C14H24N2O5. The zero-order valence-corrected chi connectivity index (χ0v) is 12.8. The van der Waals surface area contributed by atoms with Gasteiger partial charge in [-0.05, 0) is 25.3 Å². The lowest BCUT2D eigenvalue weighted by Crippen LogP contribution is -2.51. The van der Waals surface area contributed by atoms with Crippen LogP contribution in [0.3, 0.4) is 0 Å². The molecule has 0 saturated carbocycles. The van der Waals surface area contributed by atoms with Crippen molar-refractivity contribution in [3.8, 4) is 0 Å². The van der Waals surface area contributed by atoms with Gasteiger partial charge >= 0.3 is 11.9 Å². The molecule has 7 nitrogen and oxygen atoms in total. The second-order valence-corrected chi connectivity index (χ2v) is 5.72. The largest absolute Gasteiger partial charge is 0.480 e. The van der Waals surface area contributed by atoms with Crippen molar-refractivity contribution in [1.29, 1.82) is 0 Å². The highest BCUT2D eigenvalue weighted by Crippen LogP contribution is 2.34. The summed E-state index contributed by atoms with van der Waals surface area (Å²) in [4.78, 5) is 34.9. The van der Waals surface area contributed by atoms with E-state index < -0.39 is 23.4 Å². The van der Waals surface area contributed by atoms with E-state index in [0.717, 1.165) is 6.54 Å². The highest BCUT2D eigenvalue weighted by atomic mass is 16.5. The number of aliphatic carboxylic acids is 1. The fraction of sp³-hybridized carbons (Fsp3) is 0.786. The normalized spacial score (nSPS) is 22.9. The number of methoxy groups -OCH3 is 1. The van der Waals surface area contributed by atoms with Crippen LogP contribution in [0.15, 0.2) is 0 Å². The number of carbonyl (C=O) groups excluding carboxylic acids is 2. The summed E-state index contributed by atoms with van der Waals surface area (Å²) in [6.07, 6.45) is 0.663. The van der Waals surface area contributed by atoms with Crippen LogP contribution in [0.1, 0.15) is 33.1 Å². The molecule has 120 valence electrons. The van der Waals surface area contributed by atoms with Crippen molar-refractivity contribution in [2.75, 3.05) is 20.2 Å². The number of carboxylic acids is 1. The molecule has 1 saturated heterocycles. The third kappa shape index (κ3) is 4.17. The van der Waals surface area contributed by atoms with Gasteiger partial charge in [-0.1, -0.05) is 13.8 Å².